The number of benzene rings is 10. The van der Waals surface area contributed by atoms with Crippen LogP contribution in [0.1, 0.15) is 87.4 Å². The molecule has 1 atom stereocenters. The van der Waals surface area contributed by atoms with Crippen LogP contribution in [0.3, 0.4) is 0 Å². The Bertz CT molecular complexity index is 3770. The molecule has 0 fully saturated rings. The Morgan fingerprint density at radius 3 is 1.08 bits per heavy atom. The van der Waals surface area contributed by atoms with E-state index in [0.29, 0.717) is 0 Å². The monoisotopic (exact) mass is 954 g/mol. The van der Waals surface area contributed by atoms with Gasteiger partial charge in [-0.25, -0.2) is 0 Å². The Balaban J connectivity index is 0.911. The van der Waals surface area contributed by atoms with Crippen molar-refractivity contribution in [1.82, 2.24) is 0 Å². The van der Waals surface area contributed by atoms with Crippen LogP contribution in [0, 0.1) is 5.41 Å². The van der Waals surface area contributed by atoms with Gasteiger partial charge in [-0.1, -0.05) is 212 Å². The van der Waals surface area contributed by atoms with Gasteiger partial charge in [0.2, 0.25) is 0 Å². The second-order valence-corrected chi connectivity index (χ2v) is 22.9. The molecule has 0 heterocycles. The molecular formula is C72H62N2. The molecule has 10 aromatic carbocycles. The molecule has 13 rings (SSSR count). The van der Waals surface area contributed by atoms with E-state index < -0.39 is 0 Å². The smallest absolute Gasteiger partial charge is 0.0465 e. The lowest BCUT2D eigenvalue weighted by Crippen LogP contribution is -2.36. The first-order valence-electron chi connectivity index (χ1n) is 26.5. The molecule has 0 aliphatic heterocycles. The van der Waals surface area contributed by atoms with Crippen LogP contribution in [0.5, 0.6) is 0 Å². The molecule has 0 N–H and O–H groups in total. The van der Waals surface area contributed by atoms with Crippen molar-refractivity contribution in [2.75, 3.05) is 9.80 Å². The number of rotatable bonds is 9. The lowest BCUT2D eigenvalue weighted by atomic mass is 9.63. The molecule has 2 heteroatoms. The highest BCUT2D eigenvalue weighted by Crippen LogP contribution is 2.58. The van der Waals surface area contributed by atoms with Crippen LogP contribution in [0.25, 0.3) is 44.5 Å². The van der Waals surface area contributed by atoms with Gasteiger partial charge in [0.05, 0.1) is 0 Å². The molecular weight excluding hydrogens is 893 g/mol. The van der Waals surface area contributed by atoms with Crippen molar-refractivity contribution in [2.24, 2.45) is 5.41 Å². The lowest BCUT2D eigenvalue weighted by Gasteiger charge is -2.40. The Morgan fingerprint density at radius 1 is 0.284 bits per heavy atom. The minimum atomic E-state index is -0.285. The highest BCUT2D eigenvalue weighted by atomic mass is 15.1. The van der Waals surface area contributed by atoms with Crippen LogP contribution in [0.15, 0.2) is 237 Å². The molecule has 2 nitrogen and oxygen atoms in total. The van der Waals surface area contributed by atoms with Crippen LogP contribution in [-0.2, 0) is 22.7 Å². The summed E-state index contributed by atoms with van der Waals surface area (Å²) in [6, 6.07) is 88.6. The first kappa shape index (κ1) is 45.6. The summed E-state index contributed by atoms with van der Waals surface area (Å²) in [6.45, 7) is 16.9. The van der Waals surface area contributed by atoms with Crippen LogP contribution in [0.2, 0.25) is 0 Å². The van der Waals surface area contributed by atoms with Gasteiger partial charge in [-0.05, 0) is 168 Å². The van der Waals surface area contributed by atoms with E-state index in [1.807, 2.05) is 0 Å². The Labute approximate surface area is 438 Å². The summed E-state index contributed by atoms with van der Waals surface area (Å²) in [4.78, 5) is 4.93. The second-order valence-electron chi connectivity index (χ2n) is 22.9. The normalized spacial score (nSPS) is 16.9. The van der Waals surface area contributed by atoms with Gasteiger partial charge < -0.3 is 9.80 Å². The summed E-state index contributed by atoms with van der Waals surface area (Å²) < 4.78 is 0. The standard InChI is InChI=1S/C72H62N2/c1-69(2)47-52-30-37-57(74(55-35-28-51(29-36-55)49-20-12-9-13-21-49)59-41-43-63-61-23-15-17-25-65(61)71(5,6)68(63)46-59)44-66(52)72(69,7)53-31-38-56(39-32-53)73(54-33-26-50(27-34-54)48-18-10-8-11-19-48)58-40-42-62-60-22-14-16-24-64(60)70(3,4)67(62)45-58/h8-46H,47H2,1-7H3. The SMILES string of the molecule is CC1(C)c2ccccc2-c2ccc(N(c3ccc(-c4ccccc4)cc3)c3ccc(C4(C)c5cc(N(c6ccc(-c7ccccc7)cc6)c6ccc7c(c6)C(C)(C)c6ccccc6-7)ccc5CC4(C)C)cc3)cc21. The molecule has 10 aromatic rings. The van der Waals surface area contributed by atoms with Crippen molar-refractivity contribution in [2.45, 2.75) is 71.1 Å². The molecule has 0 aromatic heterocycles. The number of nitrogens with zero attached hydrogens (tertiary/aromatic N) is 2. The van der Waals surface area contributed by atoms with E-state index in [1.54, 1.807) is 0 Å². The Kier molecular flexibility index (Phi) is 10.4. The average Bonchev–Trinajstić information content (AvgIpc) is 3.91. The van der Waals surface area contributed by atoms with E-state index in [9.17, 15) is 0 Å². The van der Waals surface area contributed by atoms with Gasteiger partial charge in [-0.15, -0.1) is 0 Å². The zero-order valence-electron chi connectivity index (χ0n) is 43.6. The van der Waals surface area contributed by atoms with Gasteiger partial charge in [0, 0.05) is 50.4 Å². The predicted octanol–water partition coefficient (Wildman–Crippen LogP) is 19.5. The van der Waals surface area contributed by atoms with Gasteiger partial charge in [0.25, 0.3) is 0 Å². The fourth-order valence-corrected chi connectivity index (χ4v) is 13.3. The third-order valence-corrected chi connectivity index (χ3v) is 17.7. The molecule has 0 amide bonds. The molecule has 74 heavy (non-hydrogen) atoms. The maximum atomic E-state index is 2.52. The Hall–Kier alpha value is -8.20. The van der Waals surface area contributed by atoms with Gasteiger partial charge in [-0.3, -0.25) is 0 Å². The highest BCUT2D eigenvalue weighted by molar-refractivity contribution is 5.88. The third-order valence-electron chi connectivity index (χ3n) is 17.7. The van der Waals surface area contributed by atoms with Crippen molar-refractivity contribution in [3.05, 3.63) is 276 Å². The summed E-state index contributed by atoms with van der Waals surface area (Å²) >= 11 is 0. The molecule has 0 saturated carbocycles. The molecule has 3 aliphatic rings. The molecule has 0 saturated heterocycles. The topological polar surface area (TPSA) is 6.48 Å². The van der Waals surface area contributed by atoms with Gasteiger partial charge >= 0.3 is 0 Å². The highest BCUT2D eigenvalue weighted by Gasteiger charge is 2.50. The van der Waals surface area contributed by atoms with Crippen LogP contribution in [-0.4, -0.2) is 0 Å². The number of hydrogen-bond donors (Lipinski definition) is 0. The van der Waals surface area contributed by atoms with Crippen molar-refractivity contribution < 1.29 is 0 Å². The molecule has 360 valence electrons. The minimum Gasteiger partial charge on any atom is -0.310 e. The molecule has 1 unspecified atom stereocenters. The van der Waals surface area contributed by atoms with Crippen molar-refractivity contribution >= 4 is 34.1 Å². The zero-order chi connectivity index (χ0) is 50.6. The van der Waals surface area contributed by atoms with Crippen LogP contribution < -0.4 is 9.80 Å². The fourth-order valence-electron chi connectivity index (χ4n) is 13.3. The van der Waals surface area contributed by atoms with E-state index in [4.69, 9.17) is 0 Å². The van der Waals surface area contributed by atoms with E-state index in [1.165, 1.54) is 83.5 Å². The second kappa shape index (κ2) is 16.9. The van der Waals surface area contributed by atoms with Crippen molar-refractivity contribution in [1.29, 1.82) is 0 Å². The van der Waals surface area contributed by atoms with Gasteiger partial charge in [0.15, 0.2) is 0 Å². The van der Waals surface area contributed by atoms with E-state index >= 15 is 0 Å². The average molecular weight is 955 g/mol. The molecule has 0 radical (unpaired) electrons. The zero-order valence-corrected chi connectivity index (χ0v) is 43.6. The maximum Gasteiger partial charge on any atom is 0.0465 e. The number of fused-ring (bicyclic) bond motifs is 7. The first-order valence-corrected chi connectivity index (χ1v) is 26.5. The van der Waals surface area contributed by atoms with Crippen molar-refractivity contribution in [3.8, 4) is 44.5 Å². The fraction of sp³-hybridized carbons (Fsp3) is 0.167. The van der Waals surface area contributed by atoms with Crippen molar-refractivity contribution in [3.63, 3.8) is 0 Å². The molecule has 0 spiro atoms. The summed E-state index contributed by atoms with van der Waals surface area (Å²) in [7, 11) is 0. The van der Waals surface area contributed by atoms with Gasteiger partial charge in [0.1, 0.15) is 0 Å². The number of anilines is 6. The molecule has 3 aliphatic carbocycles. The largest absolute Gasteiger partial charge is 0.310 e. The van der Waals surface area contributed by atoms with E-state index in [0.717, 1.165) is 40.5 Å². The summed E-state index contributed by atoms with van der Waals surface area (Å²) in [5, 5.41) is 0. The van der Waals surface area contributed by atoms with E-state index in [2.05, 4.69) is 295 Å². The Morgan fingerprint density at radius 2 is 0.622 bits per heavy atom. The predicted molar refractivity (Wildman–Crippen MR) is 312 cm³/mol. The summed E-state index contributed by atoms with van der Waals surface area (Å²) in [5.74, 6) is 0. The third kappa shape index (κ3) is 7.06. The van der Waals surface area contributed by atoms with Crippen LogP contribution >= 0.6 is 0 Å². The number of hydrogen-bond acceptors (Lipinski definition) is 2. The van der Waals surface area contributed by atoms with Gasteiger partial charge in [-0.2, -0.15) is 0 Å². The van der Waals surface area contributed by atoms with E-state index in [-0.39, 0.29) is 21.7 Å². The maximum absolute atomic E-state index is 2.52. The summed E-state index contributed by atoms with van der Waals surface area (Å²) in [5.41, 5.74) is 26.1. The lowest BCUT2D eigenvalue weighted by molar-refractivity contribution is 0.247. The first-order chi connectivity index (χ1) is 35.8. The van der Waals surface area contributed by atoms with Crippen LogP contribution in [0.4, 0.5) is 34.1 Å². The molecule has 0 bridgehead atoms. The minimum absolute atomic E-state index is 0.0610. The quantitative estimate of drug-likeness (QED) is 0.142. The summed E-state index contributed by atoms with van der Waals surface area (Å²) in [6.07, 6.45) is 0.991.